The summed E-state index contributed by atoms with van der Waals surface area (Å²) in [6, 6.07) is 15.3. The summed E-state index contributed by atoms with van der Waals surface area (Å²) in [5.41, 5.74) is 3.60. The maximum atomic E-state index is 12.7. The number of amides is 2. The lowest BCUT2D eigenvalue weighted by molar-refractivity contribution is -0.141. The van der Waals surface area contributed by atoms with E-state index in [0.29, 0.717) is 18.7 Å². The molecule has 0 unspecified atom stereocenters. The zero-order valence-electron chi connectivity index (χ0n) is 17.0. The van der Waals surface area contributed by atoms with Gasteiger partial charge < -0.3 is 19.8 Å². The van der Waals surface area contributed by atoms with Crippen LogP contribution in [-0.2, 0) is 9.59 Å². The molecule has 2 aromatic carbocycles. The van der Waals surface area contributed by atoms with Crippen LogP contribution in [0.3, 0.4) is 0 Å². The zero-order valence-corrected chi connectivity index (χ0v) is 17.0. The predicted molar refractivity (Wildman–Crippen MR) is 114 cm³/mol. The molecule has 2 fully saturated rings. The van der Waals surface area contributed by atoms with E-state index < -0.39 is 11.9 Å². The Morgan fingerprint density at radius 2 is 1.50 bits per heavy atom. The molecule has 156 valence electrons. The number of aryl methyl sites for hydroxylation is 1. The third kappa shape index (κ3) is 4.01. The molecule has 7 heteroatoms. The highest BCUT2D eigenvalue weighted by Crippen LogP contribution is 2.28. The second kappa shape index (κ2) is 8.18. The summed E-state index contributed by atoms with van der Waals surface area (Å²) >= 11 is 0. The highest BCUT2D eigenvalue weighted by atomic mass is 16.4. The standard InChI is InChI=1S/C23H25N3O4/c1-16-2-4-17(5-3-16)22(28)25-12-10-24(11-13-25)19-6-8-20(9-7-19)26-15-18(23(29)30)14-21(26)27/h2-9,18H,10-15H2,1H3,(H,29,30)/t18-/m0/s1. The molecule has 7 nitrogen and oxygen atoms in total. The van der Waals surface area contributed by atoms with Gasteiger partial charge in [-0.15, -0.1) is 0 Å². The average molecular weight is 407 g/mol. The SMILES string of the molecule is Cc1ccc(C(=O)N2CCN(c3ccc(N4C[C@@H](C(=O)O)CC4=O)cc3)CC2)cc1. The van der Waals surface area contributed by atoms with Crippen molar-refractivity contribution in [2.45, 2.75) is 13.3 Å². The number of hydrogen-bond acceptors (Lipinski definition) is 4. The highest BCUT2D eigenvalue weighted by Gasteiger charge is 2.35. The number of carbonyl (C=O) groups is 3. The number of carbonyl (C=O) groups excluding carboxylic acids is 2. The molecule has 1 N–H and O–H groups in total. The number of rotatable bonds is 4. The van der Waals surface area contributed by atoms with Gasteiger partial charge in [0, 0.05) is 56.1 Å². The molecule has 1 atom stereocenters. The average Bonchev–Trinajstić information content (AvgIpc) is 3.16. The lowest BCUT2D eigenvalue weighted by Gasteiger charge is -2.36. The first kappa shape index (κ1) is 19.9. The Kier molecular flexibility index (Phi) is 5.44. The lowest BCUT2D eigenvalue weighted by atomic mass is 10.1. The van der Waals surface area contributed by atoms with Crippen LogP contribution in [0.2, 0.25) is 0 Å². The summed E-state index contributed by atoms with van der Waals surface area (Å²) in [5, 5.41) is 9.14. The van der Waals surface area contributed by atoms with Crippen molar-refractivity contribution >= 4 is 29.2 Å². The Balaban J connectivity index is 1.36. The van der Waals surface area contributed by atoms with Crippen LogP contribution in [0.5, 0.6) is 0 Å². The first-order chi connectivity index (χ1) is 14.4. The summed E-state index contributed by atoms with van der Waals surface area (Å²) in [4.78, 5) is 41.6. The minimum atomic E-state index is -0.930. The summed E-state index contributed by atoms with van der Waals surface area (Å²) < 4.78 is 0. The highest BCUT2D eigenvalue weighted by molar-refractivity contribution is 5.99. The van der Waals surface area contributed by atoms with Gasteiger partial charge in [-0.1, -0.05) is 17.7 Å². The van der Waals surface area contributed by atoms with E-state index >= 15 is 0 Å². The van der Waals surface area contributed by atoms with Crippen molar-refractivity contribution in [1.82, 2.24) is 4.90 Å². The van der Waals surface area contributed by atoms with Crippen LogP contribution in [0.1, 0.15) is 22.3 Å². The Morgan fingerprint density at radius 1 is 0.900 bits per heavy atom. The van der Waals surface area contributed by atoms with Gasteiger partial charge in [0.05, 0.1) is 5.92 Å². The number of piperazine rings is 1. The molecule has 0 bridgehead atoms. The van der Waals surface area contributed by atoms with Crippen LogP contribution in [0, 0.1) is 12.8 Å². The van der Waals surface area contributed by atoms with Gasteiger partial charge in [-0.2, -0.15) is 0 Å². The van der Waals surface area contributed by atoms with Crippen molar-refractivity contribution in [3.05, 3.63) is 59.7 Å². The Labute approximate surface area is 175 Å². The summed E-state index contributed by atoms with van der Waals surface area (Å²) in [5.74, 6) is -1.67. The maximum Gasteiger partial charge on any atom is 0.308 e. The number of aliphatic carboxylic acids is 1. The molecule has 2 amide bonds. The van der Waals surface area contributed by atoms with Crippen LogP contribution >= 0.6 is 0 Å². The van der Waals surface area contributed by atoms with Crippen molar-refractivity contribution in [2.24, 2.45) is 5.92 Å². The van der Waals surface area contributed by atoms with Crippen LogP contribution in [-0.4, -0.2) is 60.5 Å². The van der Waals surface area contributed by atoms with Gasteiger partial charge in [0.1, 0.15) is 0 Å². The van der Waals surface area contributed by atoms with Gasteiger partial charge in [-0.3, -0.25) is 14.4 Å². The smallest absolute Gasteiger partial charge is 0.308 e. The first-order valence-corrected chi connectivity index (χ1v) is 10.2. The topological polar surface area (TPSA) is 81.2 Å². The molecule has 2 aromatic rings. The minimum Gasteiger partial charge on any atom is -0.481 e. The molecule has 2 saturated heterocycles. The monoisotopic (exact) mass is 407 g/mol. The molecule has 0 saturated carbocycles. The van der Waals surface area contributed by atoms with E-state index in [-0.39, 0.29) is 24.8 Å². The zero-order chi connectivity index (χ0) is 21.3. The van der Waals surface area contributed by atoms with Gasteiger partial charge in [-0.05, 0) is 43.3 Å². The first-order valence-electron chi connectivity index (χ1n) is 10.2. The van der Waals surface area contributed by atoms with E-state index in [9.17, 15) is 14.4 Å². The Hall–Kier alpha value is -3.35. The number of benzene rings is 2. The predicted octanol–water partition coefficient (Wildman–Crippen LogP) is 2.39. The summed E-state index contributed by atoms with van der Waals surface area (Å²) in [6.07, 6.45) is 0.0497. The van der Waals surface area contributed by atoms with Crippen LogP contribution in [0.15, 0.2) is 48.5 Å². The van der Waals surface area contributed by atoms with Gasteiger partial charge in [0.15, 0.2) is 0 Å². The largest absolute Gasteiger partial charge is 0.481 e. The lowest BCUT2D eigenvalue weighted by Crippen LogP contribution is -2.48. The fourth-order valence-corrected chi connectivity index (χ4v) is 4.01. The molecule has 2 aliphatic heterocycles. The summed E-state index contributed by atoms with van der Waals surface area (Å²) in [6.45, 7) is 5.00. The quantitative estimate of drug-likeness (QED) is 0.842. The number of carboxylic acids is 1. The van der Waals surface area contributed by atoms with E-state index in [1.807, 2.05) is 60.4 Å². The molecule has 0 spiro atoms. The van der Waals surface area contributed by atoms with Crippen molar-refractivity contribution in [2.75, 3.05) is 42.5 Å². The van der Waals surface area contributed by atoms with Crippen molar-refractivity contribution < 1.29 is 19.5 Å². The fraction of sp³-hybridized carbons (Fsp3) is 0.348. The van der Waals surface area contributed by atoms with Gasteiger partial charge >= 0.3 is 5.97 Å². The molecule has 0 radical (unpaired) electrons. The number of hydrogen-bond donors (Lipinski definition) is 1. The van der Waals surface area contributed by atoms with E-state index in [2.05, 4.69) is 4.90 Å². The van der Waals surface area contributed by atoms with E-state index in [0.717, 1.165) is 30.0 Å². The molecular weight excluding hydrogens is 382 g/mol. The number of anilines is 2. The molecule has 30 heavy (non-hydrogen) atoms. The maximum absolute atomic E-state index is 12.7. The summed E-state index contributed by atoms with van der Waals surface area (Å²) in [7, 11) is 0. The Bertz CT molecular complexity index is 947. The molecular formula is C23H25N3O4. The van der Waals surface area contributed by atoms with Crippen LogP contribution in [0.25, 0.3) is 0 Å². The second-order valence-corrected chi connectivity index (χ2v) is 7.91. The van der Waals surface area contributed by atoms with Crippen molar-refractivity contribution in [3.63, 3.8) is 0 Å². The molecule has 0 aliphatic carbocycles. The van der Waals surface area contributed by atoms with Gasteiger partial charge in [0.25, 0.3) is 5.91 Å². The molecule has 2 aliphatic rings. The third-order valence-electron chi connectivity index (χ3n) is 5.87. The fourth-order valence-electron chi connectivity index (χ4n) is 4.01. The van der Waals surface area contributed by atoms with Gasteiger partial charge in [-0.25, -0.2) is 0 Å². The Morgan fingerprint density at radius 3 is 2.07 bits per heavy atom. The van der Waals surface area contributed by atoms with E-state index in [1.54, 1.807) is 4.90 Å². The molecule has 0 aromatic heterocycles. The van der Waals surface area contributed by atoms with E-state index in [1.165, 1.54) is 0 Å². The number of nitrogens with zero attached hydrogens (tertiary/aromatic N) is 3. The number of carboxylic acid groups (broad SMARTS) is 1. The van der Waals surface area contributed by atoms with Crippen LogP contribution < -0.4 is 9.80 Å². The van der Waals surface area contributed by atoms with Crippen molar-refractivity contribution in [1.29, 1.82) is 0 Å². The van der Waals surface area contributed by atoms with Crippen LogP contribution in [0.4, 0.5) is 11.4 Å². The second-order valence-electron chi connectivity index (χ2n) is 7.91. The molecule has 4 rings (SSSR count). The van der Waals surface area contributed by atoms with Crippen molar-refractivity contribution in [3.8, 4) is 0 Å². The minimum absolute atomic E-state index is 0.0497. The van der Waals surface area contributed by atoms with E-state index in [4.69, 9.17) is 5.11 Å². The molecule has 2 heterocycles. The van der Waals surface area contributed by atoms with Gasteiger partial charge in [0.2, 0.25) is 5.91 Å². The normalized spacial score (nSPS) is 19.3. The third-order valence-corrected chi connectivity index (χ3v) is 5.87.